The van der Waals surface area contributed by atoms with Crippen molar-refractivity contribution in [2.45, 2.75) is 116 Å². The largest absolute Gasteiger partial charge is 0.417 e. The van der Waals surface area contributed by atoms with Gasteiger partial charge in [-0.2, -0.15) is 4.73 Å². The topological polar surface area (TPSA) is 127 Å². The van der Waals surface area contributed by atoms with Crippen LogP contribution >= 0.6 is 0 Å². The number of fused-ring (bicyclic) bond motifs is 2. The first kappa shape index (κ1) is 34.2. The highest BCUT2D eigenvalue weighted by Gasteiger charge is 2.41. The molecular weight excluding hydrogens is 572 g/mol. The Balaban J connectivity index is 1.66. The van der Waals surface area contributed by atoms with E-state index in [4.69, 9.17) is 4.84 Å². The number of benzene rings is 1. The molecule has 2 aromatic rings. The van der Waals surface area contributed by atoms with Crippen LogP contribution in [-0.4, -0.2) is 70.7 Å². The van der Waals surface area contributed by atoms with Crippen molar-refractivity contribution >= 4 is 40.2 Å². The van der Waals surface area contributed by atoms with Gasteiger partial charge in [-0.3, -0.25) is 24.0 Å². The van der Waals surface area contributed by atoms with E-state index in [-0.39, 0.29) is 42.1 Å². The minimum absolute atomic E-state index is 0.00877. The van der Waals surface area contributed by atoms with E-state index in [1.807, 2.05) is 51.1 Å². The molecule has 1 aromatic heterocycles. The van der Waals surface area contributed by atoms with E-state index in [9.17, 15) is 24.0 Å². The number of aromatic nitrogens is 1. The molecule has 2 fully saturated rings. The van der Waals surface area contributed by atoms with Crippen LogP contribution < -0.4 is 15.5 Å². The smallest absolute Gasteiger partial charge is 0.246 e. The second-order valence-corrected chi connectivity index (χ2v) is 12.7. The normalized spacial score (nSPS) is 23.9. The summed E-state index contributed by atoms with van der Waals surface area (Å²) < 4.78 is 1.65. The summed E-state index contributed by atoms with van der Waals surface area (Å²) in [6, 6.07) is 7.23. The highest BCUT2D eigenvalue weighted by molar-refractivity contribution is 5.98. The molecule has 2 saturated heterocycles. The Morgan fingerprint density at radius 3 is 2.53 bits per heavy atom. The number of piperidine rings is 1. The molecule has 3 heterocycles. The molecule has 45 heavy (non-hydrogen) atoms. The van der Waals surface area contributed by atoms with Crippen molar-refractivity contribution in [3.05, 3.63) is 36.0 Å². The fraction of sp³-hybridized carbons (Fsp3) is 0.629. The molecule has 3 amide bonds. The van der Waals surface area contributed by atoms with Crippen molar-refractivity contribution in [2.24, 2.45) is 11.8 Å². The molecule has 10 nitrogen and oxygen atoms in total. The minimum atomic E-state index is -0.994. The standard InChI is InChI=1S/C35H50N4O6/c1-5-23(3)32-35(44)38-19-13-12-18-30(38)31(41)21-25(15-8-7-9-16-27(40)6-2)33(42)36-28(34(43)37-32)22-26-20-24-14-10-11-17-29(24)39(26)45-4/h10-11,14,17,20,23,25,28,30,32H,5-9,12-13,15-16,18-19,21-22H2,1-4H3,(H,36,42)(H,37,43)/t23?,25?,28-,30+,32-/m0/s1. The fourth-order valence-electron chi connectivity index (χ4n) is 6.67. The average molecular weight is 623 g/mol. The van der Waals surface area contributed by atoms with E-state index in [1.54, 1.807) is 16.7 Å². The van der Waals surface area contributed by atoms with Gasteiger partial charge in [0, 0.05) is 43.5 Å². The molecule has 4 rings (SSSR count). The zero-order valence-corrected chi connectivity index (χ0v) is 27.3. The average Bonchev–Trinajstić information content (AvgIpc) is 3.41. The van der Waals surface area contributed by atoms with Gasteiger partial charge in [-0.25, -0.2) is 0 Å². The lowest BCUT2D eigenvalue weighted by Gasteiger charge is -2.39. The summed E-state index contributed by atoms with van der Waals surface area (Å²) in [5, 5.41) is 6.91. The molecular formula is C35H50N4O6. The zero-order valence-electron chi connectivity index (χ0n) is 27.3. The van der Waals surface area contributed by atoms with Crippen molar-refractivity contribution in [1.29, 1.82) is 0 Å². The molecule has 0 spiro atoms. The Labute approximate surface area is 266 Å². The van der Waals surface area contributed by atoms with E-state index >= 15 is 0 Å². The number of amides is 3. The van der Waals surface area contributed by atoms with E-state index < -0.39 is 30.0 Å². The summed E-state index contributed by atoms with van der Waals surface area (Å²) >= 11 is 0. The third-order valence-electron chi connectivity index (χ3n) is 9.62. The molecule has 0 aliphatic carbocycles. The Morgan fingerprint density at radius 2 is 1.80 bits per heavy atom. The Hall–Kier alpha value is -3.69. The maximum Gasteiger partial charge on any atom is 0.246 e. The van der Waals surface area contributed by atoms with E-state index in [0.717, 1.165) is 36.6 Å². The number of rotatable bonds is 12. The molecule has 0 radical (unpaired) electrons. The number of hydrogen-bond acceptors (Lipinski definition) is 6. The quantitative estimate of drug-likeness (QED) is 0.343. The van der Waals surface area contributed by atoms with Crippen LogP contribution in [0.4, 0.5) is 0 Å². The van der Waals surface area contributed by atoms with Gasteiger partial charge in [0.25, 0.3) is 0 Å². The minimum Gasteiger partial charge on any atom is -0.417 e. The molecule has 2 N–H and O–H groups in total. The number of unbranched alkanes of at least 4 members (excludes halogenated alkanes) is 2. The van der Waals surface area contributed by atoms with Gasteiger partial charge in [0.2, 0.25) is 17.7 Å². The van der Waals surface area contributed by atoms with Crippen LogP contribution in [0.1, 0.15) is 97.1 Å². The van der Waals surface area contributed by atoms with E-state index in [0.29, 0.717) is 50.8 Å². The van der Waals surface area contributed by atoms with Gasteiger partial charge in [0.15, 0.2) is 5.78 Å². The number of carbonyl (C=O) groups excluding carboxylic acids is 5. The van der Waals surface area contributed by atoms with Crippen LogP contribution in [0.15, 0.2) is 30.3 Å². The van der Waals surface area contributed by atoms with Crippen LogP contribution in [0.5, 0.6) is 0 Å². The second-order valence-electron chi connectivity index (χ2n) is 12.7. The summed E-state index contributed by atoms with van der Waals surface area (Å²) in [4.78, 5) is 75.0. The number of hydrogen-bond donors (Lipinski definition) is 2. The van der Waals surface area contributed by atoms with Gasteiger partial charge in [0.1, 0.15) is 25.0 Å². The molecule has 10 heteroatoms. The molecule has 5 atom stereocenters. The number of ketones is 2. The first-order valence-electron chi connectivity index (χ1n) is 16.8. The number of nitrogens with one attached hydrogen (secondary N) is 2. The van der Waals surface area contributed by atoms with Gasteiger partial charge in [-0.15, -0.1) is 0 Å². The number of nitrogens with zero attached hydrogens (tertiary/aromatic N) is 2. The number of Topliss-reactive ketones (excluding diaryl/α,β-unsaturated/α-hetero) is 2. The zero-order chi connectivity index (χ0) is 32.5. The van der Waals surface area contributed by atoms with Crippen molar-refractivity contribution in [3.8, 4) is 0 Å². The number of para-hydroxylation sites is 1. The van der Waals surface area contributed by atoms with Gasteiger partial charge >= 0.3 is 0 Å². The van der Waals surface area contributed by atoms with Crippen molar-refractivity contribution < 1.29 is 28.8 Å². The highest BCUT2D eigenvalue weighted by atomic mass is 16.6. The molecule has 246 valence electrons. The second kappa shape index (κ2) is 16.0. The summed E-state index contributed by atoms with van der Waals surface area (Å²) in [6.45, 7) is 6.21. The molecule has 1 aromatic carbocycles. The lowest BCUT2D eigenvalue weighted by molar-refractivity contribution is -0.147. The summed E-state index contributed by atoms with van der Waals surface area (Å²) in [6.07, 6.45) is 6.66. The predicted molar refractivity (Wildman–Crippen MR) is 172 cm³/mol. The van der Waals surface area contributed by atoms with Gasteiger partial charge in [0.05, 0.1) is 17.3 Å². The lowest BCUT2D eigenvalue weighted by Crippen LogP contribution is -2.61. The predicted octanol–water partition coefficient (Wildman–Crippen LogP) is 4.16. The Morgan fingerprint density at radius 1 is 1.02 bits per heavy atom. The maximum absolute atomic E-state index is 14.1. The molecule has 2 aliphatic heterocycles. The molecule has 0 bridgehead atoms. The molecule has 2 aliphatic rings. The third-order valence-corrected chi connectivity index (χ3v) is 9.62. The number of carbonyl (C=O) groups is 5. The van der Waals surface area contributed by atoms with Crippen molar-refractivity contribution in [3.63, 3.8) is 0 Å². The van der Waals surface area contributed by atoms with Crippen LogP contribution in [-0.2, 0) is 30.4 Å². The van der Waals surface area contributed by atoms with Crippen molar-refractivity contribution in [2.75, 3.05) is 13.7 Å². The summed E-state index contributed by atoms with van der Waals surface area (Å²) in [5.74, 6) is -1.72. The van der Waals surface area contributed by atoms with Gasteiger partial charge < -0.3 is 20.4 Å². The van der Waals surface area contributed by atoms with E-state index in [1.165, 1.54) is 0 Å². The highest BCUT2D eigenvalue weighted by Crippen LogP contribution is 2.27. The first-order chi connectivity index (χ1) is 21.7. The fourth-order valence-corrected chi connectivity index (χ4v) is 6.67. The first-order valence-corrected chi connectivity index (χ1v) is 16.8. The van der Waals surface area contributed by atoms with Crippen LogP contribution in [0.2, 0.25) is 0 Å². The molecule has 2 unspecified atom stereocenters. The third kappa shape index (κ3) is 8.32. The SMILES string of the molecule is CCC(=O)CCCCCC1CC(=O)[C@H]2CCCCN2C(=O)[C@H](C(C)CC)NC(=O)[C@H](Cc2cc3ccccc3n2OC)NC1=O. The summed E-state index contributed by atoms with van der Waals surface area (Å²) in [5.41, 5.74) is 1.53. The maximum atomic E-state index is 14.1. The molecule has 0 saturated carbocycles. The van der Waals surface area contributed by atoms with Gasteiger partial charge in [-0.05, 0) is 50.2 Å². The Bertz CT molecular complexity index is 1370. The summed E-state index contributed by atoms with van der Waals surface area (Å²) in [7, 11) is 1.55. The monoisotopic (exact) mass is 622 g/mol. The van der Waals surface area contributed by atoms with Crippen molar-refractivity contribution in [1.82, 2.24) is 20.3 Å². The van der Waals surface area contributed by atoms with Gasteiger partial charge in [-0.1, -0.05) is 58.2 Å². The lowest BCUT2D eigenvalue weighted by atomic mass is 9.87. The van der Waals surface area contributed by atoms with Crippen LogP contribution in [0.25, 0.3) is 10.9 Å². The Kier molecular flexibility index (Phi) is 12.2. The van der Waals surface area contributed by atoms with Crippen LogP contribution in [0, 0.1) is 11.8 Å². The van der Waals surface area contributed by atoms with Crippen LogP contribution in [0.3, 0.4) is 0 Å². The van der Waals surface area contributed by atoms with E-state index in [2.05, 4.69) is 10.6 Å².